The zero-order chi connectivity index (χ0) is 57.3. The van der Waals surface area contributed by atoms with Crippen LogP contribution in [0.4, 0.5) is 0 Å². The summed E-state index contributed by atoms with van der Waals surface area (Å²) in [6.45, 7) is 3.50. The van der Waals surface area contributed by atoms with Crippen LogP contribution in [0, 0.1) is 0 Å². The minimum absolute atomic E-state index is 0.0452. The highest BCUT2D eigenvalue weighted by Crippen LogP contribution is 2.43. The van der Waals surface area contributed by atoms with Crippen molar-refractivity contribution in [3.63, 3.8) is 0 Å². The molecule has 0 spiro atoms. The van der Waals surface area contributed by atoms with Crippen LogP contribution in [0.5, 0.6) is 0 Å². The van der Waals surface area contributed by atoms with Crippen molar-refractivity contribution in [2.45, 2.75) is 251 Å². The predicted octanol–water partition coefficient (Wildman–Crippen LogP) is 20.3. The number of allylic oxidation sites excluding steroid dienone is 24. The fraction of sp³-hybridized carbons (Fsp3) is 0.623. The van der Waals surface area contributed by atoms with Gasteiger partial charge in [0.15, 0.2) is 6.10 Å². The Kier molecular flexibility index (Phi) is 59.8. The summed E-state index contributed by atoms with van der Waals surface area (Å²) in [6, 6.07) is 0. The molecule has 2 atom stereocenters. The van der Waals surface area contributed by atoms with Crippen molar-refractivity contribution in [1.82, 2.24) is 0 Å². The van der Waals surface area contributed by atoms with Gasteiger partial charge in [-0.2, -0.15) is 0 Å². The number of hydrogen-bond acceptors (Lipinski definition) is 8. The number of carbonyl (C=O) groups excluding carboxylic acids is 2. The second kappa shape index (κ2) is 63.1. The van der Waals surface area contributed by atoms with E-state index in [2.05, 4.69) is 160 Å². The maximum atomic E-state index is 12.7. The maximum absolute atomic E-state index is 12.7. The maximum Gasteiger partial charge on any atom is 0.472 e. The molecule has 0 saturated carbocycles. The molecule has 0 aromatic heterocycles. The van der Waals surface area contributed by atoms with Crippen molar-refractivity contribution in [1.29, 1.82) is 0 Å². The average Bonchev–Trinajstić information content (AvgIpc) is 3.44. The van der Waals surface area contributed by atoms with E-state index in [1.54, 1.807) is 0 Å². The quantitative estimate of drug-likeness (QED) is 0.0264. The molecule has 9 nitrogen and oxygen atoms in total. The summed E-state index contributed by atoms with van der Waals surface area (Å²) in [7, 11) is -4.40. The molecule has 3 N–H and O–H groups in total. The molecular formula is C69H114NO8P. The molecule has 0 rings (SSSR count). The summed E-state index contributed by atoms with van der Waals surface area (Å²) in [5.74, 6) is -0.845. The Labute approximate surface area is 484 Å². The normalized spacial score (nSPS) is 14.0. The Morgan fingerprint density at radius 1 is 0.380 bits per heavy atom. The molecule has 0 aliphatic carbocycles. The number of carbonyl (C=O) groups is 2. The third-order valence-corrected chi connectivity index (χ3v) is 13.7. The summed E-state index contributed by atoms with van der Waals surface area (Å²) < 4.78 is 33.1. The second-order valence-corrected chi connectivity index (χ2v) is 21.6. The third-order valence-electron chi connectivity index (χ3n) is 12.7. The van der Waals surface area contributed by atoms with Gasteiger partial charge in [-0.1, -0.05) is 262 Å². The standard InChI is InChI=1S/C69H114NO8P/c1-3-5-7-9-11-13-15-17-19-21-23-25-26-27-28-29-30-31-32-33-34-35-36-37-38-39-40-42-44-46-48-50-52-54-56-58-60-62-69(72)78-67(66-77-79(73,74)76-64-63-70)65-75-68(71)61-59-57-55-53-51-49-47-45-43-41-24-22-20-18-16-14-12-10-8-6-4-2/h5-8,11-14,17-20,23-25,27-28,30-31,33-34,36-37,41,67H,3-4,9-10,15-16,21-22,26,29,32,35,38-40,42-66,70H2,1-2H3,(H,73,74)/b7-5-,8-6-,13-11-,14-12-,19-17-,20-18-,25-23-,28-27-,31-30-,34-33-,37-36-,41-24-. The molecule has 0 aromatic carbocycles. The van der Waals surface area contributed by atoms with Crippen molar-refractivity contribution < 1.29 is 37.6 Å². The number of esters is 2. The van der Waals surface area contributed by atoms with Crippen molar-refractivity contribution in [3.05, 3.63) is 146 Å². The van der Waals surface area contributed by atoms with Crippen LogP contribution in [0.25, 0.3) is 0 Å². The van der Waals surface area contributed by atoms with E-state index in [9.17, 15) is 19.0 Å². The first-order valence-electron chi connectivity index (χ1n) is 31.3. The molecule has 10 heteroatoms. The lowest BCUT2D eigenvalue weighted by Crippen LogP contribution is -2.29. The average molecular weight is 1120 g/mol. The van der Waals surface area contributed by atoms with Gasteiger partial charge in [-0.15, -0.1) is 0 Å². The zero-order valence-electron chi connectivity index (χ0n) is 50.0. The molecule has 79 heavy (non-hydrogen) atoms. The van der Waals surface area contributed by atoms with Crippen molar-refractivity contribution in [2.75, 3.05) is 26.4 Å². The predicted molar refractivity (Wildman–Crippen MR) is 339 cm³/mol. The summed E-state index contributed by atoms with van der Waals surface area (Å²) in [4.78, 5) is 35.3. The van der Waals surface area contributed by atoms with E-state index in [4.69, 9.17) is 24.3 Å². The zero-order valence-corrected chi connectivity index (χ0v) is 50.9. The van der Waals surface area contributed by atoms with E-state index in [-0.39, 0.29) is 32.6 Å². The molecule has 0 bridgehead atoms. The van der Waals surface area contributed by atoms with E-state index >= 15 is 0 Å². The molecule has 0 aliphatic heterocycles. The van der Waals surface area contributed by atoms with Gasteiger partial charge in [0.05, 0.1) is 13.2 Å². The summed E-state index contributed by atoms with van der Waals surface area (Å²) >= 11 is 0. The Morgan fingerprint density at radius 3 is 0.975 bits per heavy atom. The van der Waals surface area contributed by atoms with E-state index in [0.717, 1.165) is 135 Å². The first kappa shape index (κ1) is 74.9. The minimum Gasteiger partial charge on any atom is -0.462 e. The first-order valence-corrected chi connectivity index (χ1v) is 32.8. The Balaban J connectivity index is 3.97. The van der Waals surface area contributed by atoms with E-state index in [1.165, 1.54) is 77.0 Å². The van der Waals surface area contributed by atoms with Gasteiger partial charge < -0.3 is 20.1 Å². The monoisotopic (exact) mass is 1120 g/mol. The van der Waals surface area contributed by atoms with Crippen LogP contribution in [0.15, 0.2) is 146 Å². The van der Waals surface area contributed by atoms with E-state index in [1.807, 2.05) is 0 Å². The van der Waals surface area contributed by atoms with E-state index in [0.29, 0.717) is 6.42 Å². The number of unbranched alkanes of at least 4 members (excludes halogenated alkanes) is 20. The van der Waals surface area contributed by atoms with Crippen LogP contribution >= 0.6 is 7.82 Å². The molecule has 448 valence electrons. The van der Waals surface area contributed by atoms with Crippen LogP contribution in [0.3, 0.4) is 0 Å². The minimum atomic E-state index is -4.40. The lowest BCUT2D eigenvalue weighted by molar-refractivity contribution is -0.161. The van der Waals surface area contributed by atoms with Gasteiger partial charge >= 0.3 is 19.8 Å². The fourth-order valence-corrected chi connectivity index (χ4v) is 8.94. The molecule has 0 aliphatic rings. The lowest BCUT2D eigenvalue weighted by atomic mass is 10.0. The smallest absolute Gasteiger partial charge is 0.462 e. The van der Waals surface area contributed by atoms with Crippen LogP contribution in [0.2, 0.25) is 0 Å². The number of hydrogen-bond donors (Lipinski definition) is 2. The van der Waals surface area contributed by atoms with Gasteiger partial charge in [-0.3, -0.25) is 18.6 Å². The molecule has 0 amide bonds. The Bertz CT molecular complexity index is 1800. The largest absolute Gasteiger partial charge is 0.472 e. The van der Waals surface area contributed by atoms with Gasteiger partial charge in [-0.25, -0.2) is 4.57 Å². The number of phosphoric ester groups is 1. The molecular weight excluding hydrogens is 1000 g/mol. The molecule has 0 heterocycles. The SMILES string of the molecule is CC/C=C\C/C=C\C/C=C\C/C=C\C/C=C\C/C=C\C/C=C\C/C=C\CCCCCCCCCCCCCCC(=O)OC(COC(=O)CCCCCCCCCC/C=C\C/C=C\C/C=C\C/C=C\CC)COP(=O)(O)OCCN. The molecule has 2 unspecified atom stereocenters. The molecule has 0 radical (unpaired) electrons. The summed E-state index contributed by atoms with van der Waals surface area (Å²) in [5.41, 5.74) is 5.39. The number of nitrogens with two attached hydrogens (primary N) is 1. The Hall–Kier alpha value is -4.11. The number of rotatable bonds is 57. The number of ether oxygens (including phenoxy) is 2. The van der Waals surface area contributed by atoms with Gasteiger partial charge in [0.1, 0.15) is 6.61 Å². The van der Waals surface area contributed by atoms with Crippen molar-refractivity contribution in [2.24, 2.45) is 5.73 Å². The van der Waals surface area contributed by atoms with Crippen LogP contribution in [-0.4, -0.2) is 49.3 Å². The summed E-state index contributed by atoms with van der Waals surface area (Å²) in [6.07, 6.45) is 90.5. The fourth-order valence-electron chi connectivity index (χ4n) is 8.17. The Morgan fingerprint density at radius 2 is 0.658 bits per heavy atom. The molecule has 0 fully saturated rings. The van der Waals surface area contributed by atoms with Crippen LogP contribution in [-0.2, 0) is 32.7 Å². The van der Waals surface area contributed by atoms with Gasteiger partial charge in [0.2, 0.25) is 0 Å². The third kappa shape index (κ3) is 62.9. The van der Waals surface area contributed by atoms with Crippen molar-refractivity contribution in [3.8, 4) is 0 Å². The highest BCUT2D eigenvalue weighted by molar-refractivity contribution is 7.47. The van der Waals surface area contributed by atoms with E-state index < -0.39 is 32.5 Å². The van der Waals surface area contributed by atoms with Gasteiger partial charge in [0, 0.05) is 19.4 Å². The highest BCUT2D eigenvalue weighted by atomic mass is 31.2. The molecule has 0 aromatic rings. The van der Waals surface area contributed by atoms with Crippen LogP contribution < -0.4 is 5.73 Å². The molecule has 0 saturated heterocycles. The van der Waals surface area contributed by atoms with Crippen molar-refractivity contribution >= 4 is 19.8 Å². The number of phosphoric acid groups is 1. The van der Waals surface area contributed by atoms with Gasteiger partial charge in [-0.05, 0) is 116 Å². The lowest BCUT2D eigenvalue weighted by Gasteiger charge is -2.19. The highest BCUT2D eigenvalue weighted by Gasteiger charge is 2.26. The topological polar surface area (TPSA) is 134 Å². The van der Waals surface area contributed by atoms with Crippen LogP contribution in [0.1, 0.15) is 245 Å². The van der Waals surface area contributed by atoms with Gasteiger partial charge in [0.25, 0.3) is 0 Å². The first-order chi connectivity index (χ1) is 38.8. The summed E-state index contributed by atoms with van der Waals surface area (Å²) in [5, 5.41) is 0. The second-order valence-electron chi connectivity index (χ2n) is 20.2.